The zero-order valence-corrected chi connectivity index (χ0v) is 14.0. The van der Waals surface area contributed by atoms with Crippen LogP contribution in [-0.2, 0) is 9.84 Å². The fourth-order valence-corrected chi connectivity index (χ4v) is 3.69. The number of hydrogen-bond donors (Lipinski definition) is 0. The van der Waals surface area contributed by atoms with Crippen molar-refractivity contribution < 1.29 is 8.42 Å². The molecule has 0 radical (unpaired) electrons. The summed E-state index contributed by atoms with van der Waals surface area (Å²) in [6.07, 6.45) is 0. The Hall–Kier alpha value is -2.39. The van der Waals surface area contributed by atoms with Gasteiger partial charge in [0.25, 0.3) is 0 Å². The Balaban J connectivity index is 1.95. The van der Waals surface area contributed by atoms with E-state index in [0.717, 1.165) is 16.7 Å². The molecule has 3 aromatic carbocycles. The Morgan fingerprint density at radius 3 is 1.26 bits per heavy atom. The van der Waals surface area contributed by atoms with Crippen LogP contribution in [0.25, 0.3) is 11.1 Å². The molecular formula is C20H18O2S. The van der Waals surface area contributed by atoms with Gasteiger partial charge < -0.3 is 0 Å². The van der Waals surface area contributed by atoms with Gasteiger partial charge in [-0.1, -0.05) is 59.7 Å². The second-order valence-corrected chi connectivity index (χ2v) is 7.66. The lowest BCUT2D eigenvalue weighted by molar-refractivity contribution is 0.596. The molecule has 0 saturated carbocycles. The Kier molecular flexibility index (Phi) is 4.05. The molecule has 0 unspecified atom stereocenters. The summed E-state index contributed by atoms with van der Waals surface area (Å²) in [5, 5.41) is 0. The monoisotopic (exact) mass is 322 g/mol. The molecule has 0 heterocycles. The Morgan fingerprint density at radius 1 is 0.522 bits per heavy atom. The van der Waals surface area contributed by atoms with Crippen LogP contribution in [0.2, 0.25) is 0 Å². The molecular weight excluding hydrogens is 304 g/mol. The second kappa shape index (κ2) is 6.01. The first kappa shape index (κ1) is 15.5. The molecule has 116 valence electrons. The molecule has 0 spiro atoms. The summed E-state index contributed by atoms with van der Waals surface area (Å²) >= 11 is 0. The van der Waals surface area contributed by atoms with E-state index in [0.29, 0.717) is 9.79 Å². The van der Waals surface area contributed by atoms with Gasteiger partial charge in [0, 0.05) is 0 Å². The van der Waals surface area contributed by atoms with Crippen LogP contribution in [0, 0.1) is 13.8 Å². The predicted molar refractivity (Wildman–Crippen MR) is 93.2 cm³/mol. The van der Waals surface area contributed by atoms with E-state index in [4.69, 9.17) is 0 Å². The summed E-state index contributed by atoms with van der Waals surface area (Å²) in [6, 6.07) is 22.2. The van der Waals surface area contributed by atoms with Crippen LogP contribution in [0.5, 0.6) is 0 Å². The standard InChI is InChI=1S/C20H18O2S/c1-15-3-7-17(8-4-15)18-9-13-20(14-10-18)23(21,22)19-11-5-16(2)6-12-19/h3-14H,1-2H3. The fraction of sp³-hybridized carbons (Fsp3) is 0.100. The third-order valence-corrected chi connectivity index (χ3v) is 5.67. The second-order valence-electron chi connectivity index (χ2n) is 5.71. The van der Waals surface area contributed by atoms with Crippen LogP contribution < -0.4 is 0 Å². The van der Waals surface area contributed by atoms with Gasteiger partial charge in [0.2, 0.25) is 9.84 Å². The Morgan fingerprint density at radius 2 is 0.826 bits per heavy atom. The zero-order chi connectivity index (χ0) is 16.4. The minimum Gasteiger partial charge on any atom is -0.219 e. The van der Waals surface area contributed by atoms with Crippen molar-refractivity contribution >= 4 is 9.84 Å². The highest BCUT2D eigenvalue weighted by atomic mass is 32.2. The molecule has 0 amide bonds. The van der Waals surface area contributed by atoms with Crippen molar-refractivity contribution in [2.45, 2.75) is 23.6 Å². The molecule has 0 N–H and O–H groups in total. The van der Waals surface area contributed by atoms with Gasteiger partial charge >= 0.3 is 0 Å². The van der Waals surface area contributed by atoms with E-state index in [1.54, 1.807) is 24.3 Å². The van der Waals surface area contributed by atoms with E-state index in [1.807, 2.05) is 62.4 Å². The smallest absolute Gasteiger partial charge is 0.206 e. The van der Waals surface area contributed by atoms with Crippen LogP contribution in [0.1, 0.15) is 11.1 Å². The van der Waals surface area contributed by atoms with Gasteiger partial charge in [-0.2, -0.15) is 0 Å². The molecule has 3 aromatic rings. The highest BCUT2D eigenvalue weighted by molar-refractivity contribution is 7.91. The van der Waals surface area contributed by atoms with Gasteiger partial charge in [0.1, 0.15) is 0 Å². The summed E-state index contributed by atoms with van der Waals surface area (Å²) < 4.78 is 25.3. The lowest BCUT2D eigenvalue weighted by Crippen LogP contribution is -2.01. The average Bonchev–Trinajstić information content (AvgIpc) is 2.56. The number of sulfone groups is 1. The van der Waals surface area contributed by atoms with E-state index >= 15 is 0 Å². The minimum atomic E-state index is -3.46. The third kappa shape index (κ3) is 3.20. The summed E-state index contributed by atoms with van der Waals surface area (Å²) in [5.74, 6) is 0. The van der Waals surface area contributed by atoms with Crippen molar-refractivity contribution in [3.05, 3.63) is 83.9 Å². The molecule has 0 aliphatic carbocycles. The van der Waals surface area contributed by atoms with Gasteiger partial charge in [-0.25, -0.2) is 8.42 Å². The lowest BCUT2D eigenvalue weighted by atomic mass is 10.0. The molecule has 0 aromatic heterocycles. The van der Waals surface area contributed by atoms with Gasteiger partial charge in [-0.3, -0.25) is 0 Å². The zero-order valence-electron chi connectivity index (χ0n) is 13.2. The van der Waals surface area contributed by atoms with Crippen molar-refractivity contribution in [1.29, 1.82) is 0 Å². The molecule has 0 aliphatic heterocycles. The van der Waals surface area contributed by atoms with Gasteiger partial charge in [0.05, 0.1) is 9.79 Å². The summed E-state index contributed by atoms with van der Waals surface area (Å²) in [4.78, 5) is 0.642. The first-order chi connectivity index (χ1) is 11.0. The highest BCUT2D eigenvalue weighted by Gasteiger charge is 2.17. The van der Waals surface area contributed by atoms with Crippen molar-refractivity contribution in [2.75, 3.05) is 0 Å². The van der Waals surface area contributed by atoms with E-state index in [1.165, 1.54) is 5.56 Å². The van der Waals surface area contributed by atoms with Crippen LogP contribution in [0.4, 0.5) is 0 Å². The van der Waals surface area contributed by atoms with E-state index in [2.05, 4.69) is 0 Å². The van der Waals surface area contributed by atoms with Gasteiger partial charge in [-0.05, 0) is 49.2 Å². The first-order valence-electron chi connectivity index (χ1n) is 7.46. The molecule has 0 saturated heterocycles. The van der Waals surface area contributed by atoms with Crippen molar-refractivity contribution in [2.24, 2.45) is 0 Å². The van der Waals surface area contributed by atoms with Crippen molar-refractivity contribution in [3.8, 4) is 11.1 Å². The SMILES string of the molecule is Cc1ccc(-c2ccc(S(=O)(=O)c3ccc(C)cc3)cc2)cc1. The number of benzene rings is 3. The summed E-state index contributed by atoms with van der Waals surface area (Å²) in [5.41, 5.74) is 4.33. The maximum Gasteiger partial charge on any atom is 0.206 e. The normalized spacial score (nSPS) is 11.4. The maximum absolute atomic E-state index is 12.6. The molecule has 3 heteroatoms. The Labute approximate surface area is 137 Å². The summed E-state index contributed by atoms with van der Waals surface area (Å²) in [7, 11) is -3.46. The molecule has 0 bridgehead atoms. The third-order valence-electron chi connectivity index (χ3n) is 3.88. The largest absolute Gasteiger partial charge is 0.219 e. The first-order valence-corrected chi connectivity index (χ1v) is 8.94. The number of aryl methyl sites for hydroxylation is 2. The van der Waals surface area contributed by atoms with Crippen LogP contribution in [0.3, 0.4) is 0 Å². The molecule has 0 aliphatic rings. The highest BCUT2D eigenvalue weighted by Crippen LogP contribution is 2.25. The van der Waals surface area contributed by atoms with E-state index < -0.39 is 9.84 Å². The average molecular weight is 322 g/mol. The van der Waals surface area contributed by atoms with Crippen molar-refractivity contribution in [1.82, 2.24) is 0 Å². The van der Waals surface area contributed by atoms with Gasteiger partial charge in [-0.15, -0.1) is 0 Å². The minimum absolute atomic E-state index is 0.317. The van der Waals surface area contributed by atoms with E-state index in [-0.39, 0.29) is 0 Å². The maximum atomic E-state index is 12.6. The van der Waals surface area contributed by atoms with Crippen LogP contribution >= 0.6 is 0 Å². The molecule has 0 fully saturated rings. The van der Waals surface area contributed by atoms with E-state index in [9.17, 15) is 8.42 Å². The van der Waals surface area contributed by atoms with Crippen LogP contribution in [-0.4, -0.2) is 8.42 Å². The fourth-order valence-electron chi connectivity index (χ4n) is 2.43. The summed E-state index contributed by atoms with van der Waals surface area (Å²) in [6.45, 7) is 3.98. The predicted octanol–water partition coefficient (Wildman–Crippen LogP) is 4.80. The molecule has 3 rings (SSSR count). The van der Waals surface area contributed by atoms with Crippen molar-refractivity contribution in [3.63, 3.8) is 0 Å². The van der Waals surface area contributed by atoms with Crippen LogP contribution in [0.15, 0.2) is 82.6 Å². The lowest BCUT2D eigenvalue weighted by Gasteiger charge is -2.07. The molecule has 0 atom stereocenters. The number of hydrogen-bond acceptors (Lipinski definition) is 2. The quantitative estimate of drug-likeness (QED) is 0.694. The Bertz CT molecular complexity index is 905. The molecule has 2 nitrogen and oxygen atoms in total. The topological polar surface area (TPSA) is 34.1 Å². The van der Waals surface area contributed by atoms with Gasteiger partial charge in [0.15, 0.2) is 0 Å². The molecule has 23 heavy (non-hydrogen) atoms. The number of rotatable bonds is 3.